The summed E-state index contributed by atoms with van der Waals surface area (Å²) in [5.74, 6) is -1.77. The van der Waals surface area contributed by atoms with Crippen molar-refractivity contribution in [3.8, 4) is 11.5 Å². The Morgan fingerprint density at radius 2 is 1.85 bits per heavy atom. The number of halogens is 1. The van der Waals surface area contributed by atoms with Gasteiger partial charge in [0.15, 0.2) is 11.5 Å². The summed E-state index contributed by atoms with van der Waals surface area (Å²) in [6.07, 6.45) is 1.41. The number of aryl methyl sites for hydroxylation is 1. The van der Waals surface area contributed by atoms with Crippen LogP contribution in [0.2, 0.25) is 5.02 Å². The zero-order chi connectivity index (χ0) is 28.1. The molecule has 4 amide bonds. The van der Waals surface area contributed by atoms with Gasteiger partial charge in [0, 0.05) is 5.69 Å². The number of rotatable bonds is 9. The minimum atomic E-state index is -1.05. The third-order valence-corrected chi connectivity index (χ3v) is 6.00. The molecule has 0 radical (unpaired) electrons. The average Bonchev–Trinajstić information content (AvgIpc) is 3.16. The van der Waals surface area contributed by atoms with E-state index in [2.05, 4.69) is 10.6 Å². The predicted octanol–water partition coefficient (Wildman–Crippen LogP) is 4.47. The zero-order valence-corrected chi connectivity index (χ0v) is 21.7. The molecule has 0 spiro atoms. The molecule has 4 rings (SSSR count). The first-order valence-corrected chi connectivity index (χ1v) is 12.1. The molecule has 39 heavy (non-hydrogen) atoms. The van der Waals surface area contributed by atoms with Crippen LogP contribution in [0.15, 0.2) is 66.4 Å². The molecule has 0 unspecified atom stereocenters. The lowest BCUT2D eigenvalue weighted by Gasteiger charge is -2.14. The van der Waals surface area contributed by atoms with Gasteiger partial charge < -0.3 is 25.2 Å². The van der Waals surface area contributed by atoms with Gasteiger partial charge in [-0.05, 0) is 60.5 Å². The number of methoxy groups -OCH3 is 1. The van der Waals surface area contributed by atoms with Gasteiger partial charge in [-0.25, -0.2) is 14.5 Å². The van der Waals surface area contributed by atoms with E-state index < -0.39 is 30.4 Å². The summed E-state index contributed by atoms with van der Waals surface area (Å²) in [7, 11) is 1.41. The zero-order valence-electron chi connectivity index (χ0n) is 21.0. The van der Waals surface area contributed by atoms with Crippen molar-refractivity contribution in [2.45, 2.75) is 13.5 Å². The van der Waals surface area contributed by atoms with E-state index in [4.69, 9.17) is 21.1 Å². The number of carboxylic acids is 1. The molecule has 0 saturated carbocycles. The average molecular weight is 550 g/mol. The second kappa shape index (κ2) is 11.7. The van der Waals surface area contributed by atoms with E-state index in [1.807, 2.05) is 19.1 Å². The smallest absolute Gasteiger partial charge is 0.335 e. The number of hydrogen-bond acceptors (Lipinski definition) is 6. The van der Waals surface area contributed by atoms with Gasteiger partial charge in [-0.1, -0.05) is 41.4 Å². The van der Waals surface area contributed by atoms with Crippen LogP contribution in [0.3, 0.4) is 0 Å². The van der Waals surface area contributed by atoms with Gasteiger partial charge in [0.2, 0.25) is 5.91 Å². The number of nitrogens with one attached hydrogen (secondary N) is 2. The van der Waals surface area contributed by atoms with Crippen molar-refractivity contribution >= 4 is 47.2 Å². The van der Waals surface area contributed by atoms with Crippen LogP contribution in [-0.4, -0.2) is 47.5 Å². The minimum absolute atomic E-state index is 0.0335. The highest BCUT2D eigenvalue weighted by Crippen LogP contribution is 2.37. The van der Waals surface area contributed by atoms with Crippen LogP contribution in [0.4, 0.5) is 10.5 Å². The number of imide groups is 1. The lowest BCUT2D eigenvalue weighted by atomic mass is 10.1. The summed E-state index contributed by atoms with van der Waals surface area (Å²) in [4.78, 5) is 49.7. The van der Waals surface area contributed by atoms with Gasteiger partial charge in [-0.2, -0.15) is 0 Å². The molecule has 200 valence electrons. The van der Waals surface area contributed by atoms with Crippen LogP contribution in [0, 0.1) is 6.92 Å². The molecule has 1 aliphatic heterocycles. The molecule has 3 N–H and O–H groups in total. The summed E-state index contributed by atoms with van der Waals surface area (Å²) in [6.45, 7) is 1.49. The fourth-order valence-corrected chi connectivity index (χ4v) is 4.05. The van der Waals surface area contributed by atoms with E-state index in [-0.39, 0.29) is 34.4 Å². The van der Waals surface area contributed by atoms with Crippen molar-refractivity contribution in [2.24, 2.45) is 0 Å². The summed E-state index contributed by atoms with van der Waals surface area (Å²) in [5.41, 5.74) is 2.71. The van der Waals surface area contributed by atoms with Crippen molar-refractivity contribution in [3.05, 3.63) is 93.6 Å². The fourth-order valence-electron chi connectivity index (χ4n) is 3.78. The Kier molecular flexibility index (Phi) is 8.16. The van der Waals surface area contributed by atoms with E-state index in [9.17, 15) is 24.3 Å². The van der Waals surface area contributed by atoms with Gasteiger partial charge in [-0.15, -0.1) is 0 Å². The topological polar surface area (TPSA) is 134 Å². The molecule has 0 atom stereocenters. The molecule has 3 aromatic rings. The number of benzene rings is 3. The number of carbonyl (C=O) groups is 4. The third-order valence-electron chi connectivity index (χ3n) is 5.72. The van der Waals surface area contributed by atoms with Gasteiger partial charge in [0.1, 0.15) is 18.8 Å². The molecule has 0 bridgehead atoms. The number of amides is 4. The Morgan fingerprint density at radius 1 is 1.10 bits per heavy atom. The molecule has 1 fully saturated rings. The highest BCUT2D eigenvalue weighted by Gasteiger charge is 2.35. The molecule has 1 aliphatic rings. The monoisotopic (exact) mass is 549 g/mol. The second-order valence-corrected chi connectivity index (χ2v) is 9.03. The van der Waals surface area contributed by atoms with Crippen molar-refractivity contribution in [3.63, 3.8) is 0 Å². The van der Waals surface area contributed by atoms with Crippen LogP contribution in [0.1, 0.15) is 27.0 Å². The molecule has 1 saturated heterocycles. The lowest BCUT2D eigenvalue weighted by Crippen LogP contribution is -2.38. The number of nitrogens with zero attached hydrogens (tertiary/aromatic N) is 1. The number of carbonyl (C=O) groups excluding carboxylic acids is 3. The Labute approximate surface area is 228 Å². The normalized spacial score (nSPS) is 13.8. The van der Waals surface area contributed by atoms with E-state index in [0.717, 1.165) is 10.5 Å². The first-order chi connectivity index (χ1) is 18.6. The molecule has 11 heteroatoms. The Morgan fingerprint density at radius 3 is 2.54 bits per heavy atom. The molecular weight excluding hydrogens is 526 g/mol. The van der Waals surface area contributed by atoms with Crippen molar-refractivity contribution in [1.29, 1.82) is 0 Å². The lowest BCUT2D eigenvalue weighted by molar-refractivity contribution is -0.127. The van der Waals surface area contributed by atoms with Crippen LogP contribution < -0.4 is 20.1 Å². The van der Waals surface area contributed by atoms with Crippen LogP contribution >= 0.6 is 11.6 Å². The summed E-state index contributed by atoms with van der Waals surface area (Å²) in [6, 6.07) is 15.8. The highest BCUT2D eigenvalue weighted by molar-refractivity contribution is 6.32. The van der Waals surface area contributed by atoms with Crippen LogP contribution in [0.5, 0.6) is 11.5 Å². The molecule has 3 aromatic carbocycles. The quantitative estimate of drug-likeness (QED) is 0.265. The maximum absolute atomic E-state index is 12.9. The molecular formula is C28H24ClN3O7. The molecule has 1 heterocycles. The Balaban J connectivity index is 1.46. The number of aromatic carboxylic acids is 1. The minimum Gasteiger partial charge on any atom is -0.493 e. The predicted molar refractivity (Wildman–Crippen MR) is 144 cm³/mol. The van der Waals surface area contributed by atoms with Gasteiger partial charge in [0.25, 0.3) is 5.91 Å². The van der Waals surface area contributed by atoms with Crippen molar-refractivity contribution in [2.75, 3.05) is 19.0 Å². The largest absolute Gasteiger partial charge is 0.493 e. The van der Waals surface area contributed by atoms with E-state index >= 15 is 0 Å². The summed E-state index contributed by atoms with van der Waals surface area (Å²) in [5, 5.41) is 14.5. The van der Waals surface area contributed by atoms with Crippen molar-refractivity contribution < 1.29 is 33.8 Å². The fraction of sp³-hybridized carbons (Fsp3) is 0.143. The summed E-state index contributed by atoms with van der Waals surface area (Å²) >= 11 is 6.43. The van der Waals surface area contributed by atoms with Gasteiger partial charge in [0.05, 0.1) is 17.7 Å². The summed E-state index contributed by atoms with van der Waals surface area (Å²) < 4.78 is 11.2. The Bertz CT molecular complexity index is 1480. The molecule has 10 nitrogen and oxygen atoms in total. The van der Waals surface area contributed by atoms with Gasteiger partial charge in [-0.3, -0.25) is 9.59 Å². The number of carboxylic acid groups (broad SMARTS) is 1. The Hall–Kier alpha value is -4.83. The number of urea groups is 1. The first kappa shape index (κ1) is 27.2. The molecule has 0 aromatic heterocycles. The van der Waals surface area contributed by atoms with Gasteiger partial charge >= 0.3 is 12.0 Å². The van der Waals surface area contributed by atoms with E-state index in [1.54, 1.807) is 30.3 Å². The third kappa shape index (κ3) is 6.55. The maximum Gasteiger partial charge on any atom is 0.335 e. The van der Waals surface area contributed by atoms with Crippen LogP contribution in [-0.2, 0) is 16.2 Å². The number of hydrogen-bond donors (Lipinski definition) is 3. The van der Waals surface area contributed by atoms with Crippen LogP contribution in [0.25, 0.3) is 6.08 Å². The molecule has 0 aliphatic carbocycles. The highest BCUT2D eigenvalue weighted by atomic mass is 35.5. The second-order valence-electron chi connectivity index (χ2n) is 8.62. The van der Waals surface area contributed by atoms with E-state index in [1.165, 1.54) is 31.4 Å². The SMILES string of the molecule is COc1cc(/C=C2/NC(=O)N(CC(=O)Nc3ccc(C)cc3)C2=O)cc(Cl)c1OCc1cccc(C(=O)O)c1. The van der Waals surface area contributed by atoms with E-state index in [0.29, 0.717) is 16.8 Å². The number of anilines is 1. The van der Waals surface area contributed by atoms with Crippen molar-refractivity contribution in [1.82, 2.24) is 10.2 Å². The maximum atomic E-state index is 12.9. The first-order valence-electron chi connectivity index (χ1n) is 11.7. The standard InChI is InChI=1S/C28H24ClN3O7/c1-16-6-8-20(9-7-16)30-24(33)14-32-26(34)22(31-28(32)37)12-18-11-21(29)25(23(13-18)38-2)39-15-17-4-3-5-19(10-17)27(35)36/h3-13H,14-15H2,1-2H3,(H,30,33)(H,31,37)(H,35,36)/b22-12+. The number of ether oxygens (including phenoxy) is 2.